The summed E-state index contributed by atoms with van der Waals surface area (Å²) >= 11 is 0. The number of rotatable bonds is 6. The van der Waals surface area contributed by atoms with Gasteiger partial charge in [-0.15, -0.1) is 0 Å². The number of amides is 2. The van der Waals surface area contributed by atoms with Gasteiger partial charge in [0.25, 0.3) is 0 Å². The van der Waals surface area contributed by atoms with E-state index in [1.807, 2.05) is 4.90 Å². The van der Waals surface area contributed by atoms with Gasteiger partial charge in [-0.05, 0) is 25.7 Å². The maximum Gasteiger partial charge on any atom is 0.223 e. The average Bonchev–Trinajstić information content (AvgIpc) is 3.27. The van der Waals surface area contributed by atoms with Gasteiger partial charge in [-0.25, -0.2) is 0 Å². The Morgan fingerprint density at radius 3 is 2.38 bits per heavy atom. The first kappa shape index (κ1) is 17.7. The highest BCUT2D eigenvalue weighted by Gasteiger charge is 2.25. The van der Waals surface area contributed by atoms with Crippen molar-refractivity contribution >= 4 is 11.8 Å². The number of hydrogen-bond donors (Lipinski definition) is 1. The van der Waals surface area contributed by atoms with Gasteiger partial charge in [0.05, 0.1) is 6.10 Å². The summed E-state index contributed by atoms with van der Waals surface area (Å²) in [6, 6.07) is 0.342. The fraction of sp³-hybridized carbons (Fsp3) is 0.889. The minimum Gasteiger partial charge on any atom is -0.377 e. The Hall–Kier alpha value is -1.14. The molecule has 6 heteroatoms. The third-order valence-corrected chi connectivity index (χ3v) is 5.50. The smallest absolute Gasteiger partial charge is 0.223 e. The van der Waals surface area contributed by atoms with E-state index < -0.39 is 0 Å². The highest BCUT2D eigenvalue weighted by atomic mass is 16.5. The molecule has 24 heavy (non-hydrogen) atoms. The van der Waals surface area contributed by atoms with E-state index in [4.69, 9.17) is 4.74 Å². The summed E-state index contributed by atoms with van der Waals surface area (Å²) in [6.07, 6.45) is 7.97. The van der Waals surface area contributed by atoms with E-state index >= 15 is 0 Å². The van der Waals surface area contributed by atoms with Crippen molar-refractivity contribution in [3.8, 4) is 0 Å². The van der Waals surface area contributed by atoms with Crippen LogP contribution in [0.25, 0.3) is 0 Å². The molecule has 0 radical (unpaired) electrons. The van der Waals surface area contributed by atoms with Crippen molar-refractivity contribution in [1.82, 2.24) is 15.1 Å². The number of carbonyl (C=O) groups is 2. The van der Waals surface area contributed by atoms with Crippen molar-refractivity contribution in [3.05, 3.63) is 0 Å². The standard InChI is InChI=1S/C18H31N3O3/c22-17(19-15-4-1-2-5-15)7-8-18(23)21-11-9-20(10-12-21)14-16-6-3-13-24-16/h15-16H,1-14H2,(H,19,22)/t16-/m0/s1. The molecule has 0 aromatic carbocycles. The van der Waals surface area contributed by atoms with Gasteiger partial charge in [0, 0.05) is 58.2 Å². The van der Waals surface area contributed by atoms with Crippen LogP contribution in [0.4, 0.5) is 0 Å². The highest BCUT2D eigenvalue weighted by molar-refractivity contribution is 5.84. The molecule has 0 aromatic rings. The molecule has 1 saturated carbocycles. The Bertz CT molecular complexity index is 423. The van der Waals surface area contributed by atoms with Crippen molar-refractivity contribution in [2.75, 3.05) is 39.3 Å². The van der Waals surface area contributed by atoms with Crippen LogP contribution >= 0.6 is 0 Å². The Kier molecular flexibility index (Phi) is 6.49. The normalized spacial score (nSPS) is 26.0. The second-order valence-electron chi connectivity index (χ2n) is 7.37. The molecule has 0 aromatic heterocycles. The van der Waals surface area contributed by atoms with Crippen LogP contribution in [0, 0.1) is 0 Å². The Morgan fingerprint density at radius 1 is 0.958 bits per heavy atom. The summed E-state index contributed by atoms with van der Waals surface area (Å²) in [6.45, 7) is 5.27. The van der Waals surface area contributed by atoms with E-state index in [-0.39, 0.29) is 11.8 Å². The molecule has 2 heterocycles. The number of nitrogens with one attached hydrogen (secondary N) is 1. The van der Waals surface area contributed by atoms with E-state index in [1.165, 1.54) is 19.3 Å². The van der Waals surface area contributed by atoms with E-state index in [0.29, 0.717) is 25.0 Å². The van der Waals surface area contributed by atoms with Crippen molar-refractivity contribution in [2.24, 2.45) is 0 Å². The first-order valence-corrected chi connectivity index (χ1v) is 9.62. The largest absolute Gasteiger partial charge is 0.377 e. The third kappa shape index (κ3) is 5.18. The molecule has 1 N–H and O–H groups in total. The molecular weight excluding hydrogens is 306 g/mol. The molecule has 2 amide bonds. The van der Waals surface area contributed by atoms with Crippen molar-refractivity contribution < 1.29 is 14.3 Å². The summed E-state index contributed by atoms with van der Waals surface area (Å²) in [5.41, 5.74) is 0. The lowest BCUT2D eigenvalue weighted by atomic mass is 10.2. The predicted octanol–water partition coefficient (Wildman–Crippen LogP) is 1.15. The minimum atomic E-state index is 0.0345. The molecule has 0 bridgehead atoms. The maximum absolute atomic E-state index is 12.3. The number of piperazine rings is 1. The van der Waals surface area contributed by atoms with Crippen LogP contribution < -0.4 is 5.32 Å². The predicted molar refractivity (Wildman–Crippen MR) is 91.6 cm³/mol. The summed E-state index contributed by atoms with van der Waals surface area (Å²) in [7, 11) is 0. The first-order valence-electron chi connectivity index (χ1n) is 9.62. The summed E-state index contributed by atoms with van der Waals surface area (Å²) < 4.78 is 5.68. The zero-order valence-electron chi connectivity index (χ0n) is 14.7. The molecule has 1 aliphatic carbocycles. The lowest BCUT2D eigenvalue weighted by Gasteiger charge is -2.35. The minimum absolute atomic E-state index is 0.0345. The van der Waals surface area contributed by atoms with Crippen molar-refractivity contribution in [2.45, 2.75) is 63.5 Å². The Morgan fingerprint density at radius 2 is 1.71 bits per heavy atom. The number of hydrogen-bond acceptors (Lipinski definition) is 4. The van der Waals surface area contributed by atoms with Gasteiger partial charge in [-0.2, -0.15) is 0 Å². The van der Waals surface area contributed by atoms with E-state index in [9.17, 15) is 9.59 Å². The second-order valence-corrected chi connectivity index (χ2v) is 7.37. The molecule has 3 aliphatic rings. The van der Waals surface area contributed by atoms with Crippen LogP contribution in [0.3, 0.4) is 0 Å². The quantitative estimate of drug-likeness (QED) is 0.790. The lowest BCUT2D eigenvalue weighted by molar-refractivity contribution is -0.135. The summed E-state index contributed by atoms with van der Waals surface area (Å²) in [5.74, 6) is 0.153. The van der Waals surface area contributed by atoms with Crippen LogP contribution in [0.15, 0.2) is 0 Å². The first-order chi connectivity index (χ1) is 11.7. The van der Waals surface area contributed by atoms with Crippen molar-refractivity contribution in [1.29, 1.82) is 0 Å². The van der Waals surface area contributed by atoms with Gasteiger partial charge in [0.15, 0.2) is 0 Å². The third-order valence-electron chi connectivity index (χ3n) is 5.50. The summed E-state index contributed by atoms with van der Waals surface area (Å²) in [4.78, 5) is 28.5. The fourth-order valence-corrected chi connectivity index (χ4v) is 4.00. The van der Waals surface area contributed by atoms with Crippen LogP contribution in [0.1, 0.15) is 51.4 Å². The molecule has 2 aliphatic heterocycles. The van der Waals surface area contributed by atoms with Crippen molar-refractivity contribution in [3.63, 3.8) is 0 Å². The van der Waals surface area contributed by atoms with Crippen LogP contribution in [0.5, 0.6) is 0 Å². The van der Waals surface area contributed by atoms with Gasteiger partial charge >= 0.3 is 0 Å². The topological polar surface area (TPSA) is 61.9 Å². The Labute approximate surface area is 144 Å². The van der Waals surface area contributed by atoms with Gasteiger partial charge in [-0.3, -0.25) is 14.5 Å². The van der Waals surface area contributed by atoms with Gasteiger partial charge in [-0.1, -0.05) is 12.8 Å². The molecule has 1 atom stereocenters. The SMILES string of the molecule is O=C(CCC(=O)N1CCN(C[C@@H]2CCCO2)CC1)NC1CCCC1. The molecule has 0 spiro atoms. The zero-order valence-corrected chi connectivity index (χ0v) is 14.7. The molecule has 0 unspecified atom stereocenters. The highest BCUT2D eigenvalue weighted by Crippen LogP contribution is 2.18. The Balaban J connectivity index is 1.30. The molecule has 2 saturated heterocycles. The molecule has 3 fully saturated rings. The molecule has 3 rings (SSSR count). The lowest BCUT2D eigenvalue weighted by Crippen LogP contribution is -2.50. The van der Waals surface area contributed by atoms with Gasteiger partial charge in [0.2, 0.25) is 11.8 Å². The molecular formula is C18H31N3O3. The maximum atomic E-state index is 12.3. The van der Waals surface area contributed by atoms with E-state index in [2.05, 4.69) is 10.2 Å². The monoisotopic (exact) mass is 337 g/mol. The van der Waals surface area contributed by atoms with E-state index in [1.54, 1.807) is 0 Å². The molecule has 6 nitrogen and oxygen atoms in total. The molecule has 136 valence electrons. The van der Waals surface area contributed by atoms with Gasteiger partial charge < -0.3 is 15.0 Å². The van der Waals surface area contributed by atoms with E-state index in [0.717, 1.165) is 58.6 Å². The summed E-state index contributed by atoms with van der Waals surface area (Å²) in [5, 5.41) is 3.05. The van der Waals surface area contributed by atoms with Crippen LogP contribution in [-0.2, 0) is 14.3 Å². The zero-order chi connectivity index (χ0) is 16.8. The number of carbonyl (C=O) groups excluding carboxylic acids is 2. The van der Waals surface area contributed by atoms with Crippen LogP contribution in [0.2, 0.25) is 0 Å². The number of nitrogens with zero attached hydrogens (tertiary/aromatic N) is 2. The second kappa shape index (κ2) is 8.81. The number of ether oxygens (including phenoxy) is 1. The van der Waals surface area contributed by atoms with Gasteiger partial charge in [0.1, 0.15) is 0 Å². The van der Waals surface area contributed by atoms with Crippen LogP contribution in [-0.4, -0.2) is 73.1 Å². The fourth-order valence-electron chi connectivity index (χ4n) is 4.00. The average molecular weight is 337 g/mol.